The predicted octanol–water partition coefficient (Wildman–Crippen LogP) is 1.63. The number of carbonyl (C=O) groups excluding carboxylic acids is 1. The van der Waals surface area contributed by atoms with Crippen molar-refractivity contribution in [2.45, 2.75) is 6.92 Å². The van der Waals surface area contributed by atoms with E-state index >= 15 is 0 Å². The Bertz CT molecular complexity index is 481. The molecule has 6 heteroatoms. The molecule has 1 aromatic rings. The first-order valence-corrected chi connectivity index (χ1v) is 4.92. The van der Waals surface area contributed by atoms with Crippen LogP contribution in [0.3, 0.4) is 0 Å². The van der Waals surface area contributed by atoms with Crippen molar-refractivity contribution in [3.63, 3.8) is 0 Å². The minimum atomic E-state index is -0.512. The van der Waals surface area contributed by atoms with Crippen molar-refractivity contribution in [1.29, 1.82) is 0 Å². The van der Waals surface area contributed by atoms with Gasteiger partial charge in [-0.1, -0.05) is 6.07 Å². The van der Waals surface area contributed by atoms with E-state index in [1.807, 2.05) is 0 Å². The summed E-state index contributed by atoms with van der Waals surface area (Å²) in [5.41, 5.74) is 0.652. The molecule has 6 nitrogen and oxygen atoms in total. The van der Waals surface area contributed by atoms with Crippen LogP contribution in [-0.2, 0) is 0 Å². The summed E-state index contributed by atoms with van der Waals surface area (Å²) in [7, 11) is 3.46. The average Bonchev–Trinajstić information content (AvgIpc) is 2.26. The normalized spacial score (nSPS) is 10.5. The topological polar surface area (TPSA) is 75.8 Å². The Kier molecular flexibility index (Phi) is 3.92. The molecule has 0 saturated carbocycles. The number of nitro groups is 1. The lowest BCUT2D eigenvalue weighted by Crippen LogP contribution is -2.10. The maximum atomic E-state index is 11.6. The molecule has 0 spiro atoms. The second kappa shape index (κ2) is 5.20. The Labute approximate surface area is 98.7 Å². The van der Waals surface area contributed by atoms with E-state index in [0.717, 1.165) is 0 Å². The molecule has 0 bridgehead atoms. The maximum Gasteiger partial charge on any atom is 0.278 e. The van der Waals surface area contributed by atoms with E-state index in [-0.39, 0.29) is 11.3 Å². The third-order valence-electron chi connectivity index (χ3n) is 2.06. The van der Waals surface area contributed by atoms with Crippen LogP contribution in [0.25, 0.3) is 0 Å². The number of rotatable bonds is 3. The molecule has 0 aliphatic rings. The SMILES string of the molecule is Cc1ccc(C(=O)/N=C\N(C)C)cc1[N+](=O)[O-]. The van der Waals surface area contributed by atoms with Crippen LogP contribution in [0, 0.1) is 17.0 Å². The number of nitro benzene ring substituents is 1. The van der Waals surface area contributed by atoms with Crippen LogP contribution in [0.2, 0.25) is 0 Å². The largest absolute Gasteiger partial charge is 0.369 e. The number of carbonyl (C=O) groups is 1. The molecule has 90 valence electrons. The third kappa shape index (κ3) is 3.37. The van der Waals surface area contributed by atoms with Crippen molar-refractivity contribution in [1.82, 2.24) is 4.90 Å². The number of benzene rings is 1. The highest BCUT2D eigenvalue weighted by Gasteiger charge is 2.14. The maximum absolute atomic E-state index is 11.6. The zero-order chi connectivity index (χ0) is 13.0. The van der Waals surface area contributed by atoms with Gasteiger partial charge in [0.25, 0.3) is 11.6 Å². The molecule has 0 fully saturated rings. The molecule has 1 amide bonds. The fraction of sp³-hybridized carbons (Fsp3) is 0.273. The highest BCUT2D eigenvalue weighted by molar-refractivity contribution is 5.99. The number of hydrogen-bond donors (Lipinski definition) is 0. The summed E-state index contributed by atoms with van der Waals surface area (Å²) in [6, 6.07) is 4.30. The molecule has 17 heavy (non-hydrogen) atoms. The van der Waals surface area contributed by atoms with E-state index in [2.05, 4.69) is 4.99 Å². The van der Waals surface area contributed by atoms with Crippen LogP contribution in [0.15, 0.2) is 23.2 Å². The first-order chi connectivity index (χ1) is 7.91. The van der Waals surface area contributed by atoms with Gasteiger partial charge in [-0.05, 0) is 13.0 Å². The van der Waals surface area contributed by atoms with Gasteiger partial charge in [0.15, 0.2) is 0 Å². The summed E-state index contributed by atoms with van der Waals surface area (Å²) in [5.74, 6) is -0.498. The predicted molar refractivity (Wildman–Crippen MR) is 64.3 cm³/mol. The standard InChI is InChI=1S/C11H13N3O3/c1-8-4-5-9(6-10(8)14(16)17)11(15)12-7-13(2)3/h4-7H,1-3H3/b12-7-. The van der Waals surface area contributed by atoms with Gasteiger partial charge in [0.05, 0.1) is 11.3 Å². The van der Waals surface area contributed by atoms with Gasteiger partial charge in [0.2, 0.25) is 0 Å². The van der Waals surface area contributed by atoms with E-state index in [1.54, 1.807) is 25.9 Å². The van der Waals surface area contributed by atoms with Crippen molar-refractivity contribution in [2.75, 3.05) is 14.1 Å². The van der Waals surface area contributed by atoms with Crippen molar-refractivity contribution < 1.29 is 9.72 Å². The van der Waals surface area contributed by atoms with Gasteiger partial charge in [-0.25, -0.2) is 0 Å². The minimum Gasteiger partial charge on any atom is -0.369 e. The molecule has 0 heterocycles. The van der Waals surface area contributed by atoms with Gasteiger partial charge >= 0.3 is 0 Å². The summed E-state index contributed by atoms with van der Waals surface area (Å²) in [6.45, 7) is 1.62. The van der Waals surface area contributed by atoms with E-state index < -0.39 is 10.8 Å². The Morgan fingerprint density at radius 3 is 2.65 bits per heavy atom. The summed E-state index contributed by atoms with van der Waals surface area (Å²) in [4.78, 5) is 27.1. The monoisotopic (exact) mass is 235 g/mol. The van der Waals surface area contributed by atoms with Crippen LogP contribution >= 0.6 is 0 Å². The zero-order valence-corrected chi connectivity index (χ0v) is 9.88. The second-order valence-corrected chi connectivity index (χ2v) is 3.77. The second-order valence-electron chi connectivity index (χ2n) is 3.77. The van der Waals surface area contributed by atoms with E-state index in [1.165, 1.54) is 24.5 Å². The first-order valence-electron chi connectivity index (χ1n) is 4.92. The Morgan fingerprint density at radius 2 is 2.12 bits per heavy atom. The highest BCUT2D eigenvalue weighted by Crippen LogP contribution is 2.19. The number of hydrogen-bond acceptors (Lipinski definition) is 3. The molecule has 0 aliphatic heterocycles. The molecular formula is C11H13N3O3. The summed E-state index contributed by atoms with van der Waals surface area (Å²) < 4.78 is 0. The van der Waals surface area contributed by atoms with Gasteiger partial charge < -0.3 is 4.90 Å². The van der Waals surface area contributed by atoms with Crippen LogP contribution in [0.1, 0.15) is 15.9 Å². The number of aliphatic imine (C=N–C) groups is 1. The molecule has 0 unspecified atom stereocenters. The third-order valence-corrected chi connectivity index (χ3v) is 2.06. The molecule has 0 atom stereocenters. The Balaban J connectivity index is 3.04. The van der Waals surface area contributed by atoms with Crippen LogP contribution in [-0.4, -0.2) is 36.2 Å². The number of aryl methyl sites for hydroxylation is 1. The number of nitrogens with zero attached hydrogens (tertiary/aromatic N) is 3. The van der Waals surface area contributed by atoms with Crippen molar-refractivity contribution in [2.24, 2.45) is 4.99 Å². The van der Waals surface area contributed by atoms with Gasteiger partial charge in [0, 0.05) is 31.3 Å². The number of amides is 1. The van der Waals surface area contributed by atoms with Crippen LogP contribution in [0.4, 0.5) is 5.69 Å². The molecule has 0 aromatic heterocycles. The van der Waals surface area contributed by atoms with Gasteiger partial charge in [-0.3, -0.25) is 14.9 Å². The summed E-state index contributed by atoms with van der Waals surface area (Å²) in [6.07, 6.45) is 1.36. The fourth-order valence-electron chi connectivity index (χ4n) is 1.18. The van der Waals surface area contributed by atoms with E-state index in [0.29, 0.717) is 5.56 Å². The van der Waals surface area contributed by atoms with E-state index in [9.17, 15) is 14.9 Å². The Morgan fingerprint density at radius 1 is 1.47 bits per heavy atom. The molecule has 0 aliphatic carbocycles. The van der Waals surface area contributed by atoms with Crippen LogP contribution in [0.5, 0.6) is 0 Å². The lowest BCUT2D eigenvalue weighted by atomic mass is 10.1. The molecule has 0 radical (unpaired) electrons. The van der Waals surface area contributed by atoms with Crippen molar-refractivity contribution in [3.05, 3.63) is 39.4 Å². The average molecular weight is 235 g/mol. The molecule has 1 rings (SSSR count). The quantitative estimate of drug-likeness (QED) is 0.345. The fourth-order valence-corrected chi connectivity index (χ4v) is 1.18. The highest BCUT2D eigenvalue weighted by atomic mass is 16.6. The van der Waals surface area contributed by atoms with Crippen molar-refractivity contribution >= 4 is 17.9 Å². The smallest absolute Gasteiger partial charge is 0.278 e. The van der Waals surface area contributed by atoms with Crippen molar-refractivity contribution in [3.8, 4) is 0 Å². The summed E-state index contributed by atoms with van der Waals surface area (Å²) in [5, 5.41) is 10.7. The molecule has 0 saturated heterocycles. The van der Waals surface area contributed by atoms with E-state index in [4.69, 9.17) is 0 Å². The van der Waals surface area contributed by atoms with Crippen LogP contribution < -0.4 is 0 Å². The van der Waals surface area contributed by atoms with Gasteiger partial charge in [-0.2, -0.15) is 4.99 Å². The lowest BCUT2D eigenvalue weighted by molar-refractivity contribution is -0.385. The Hall–Kier alpha value is -2.24. The molecule has 0 N–H and O–H groups in total. The minimum absolute atomic E-state index is 0.0732. The first kappa shape index (κ1) is 12.8. The lowest BCUT2D eigenvalue weighted by Gasteiger charge is -2.02. The van der Waals surface area contributed by atoms with Gasteiger partial charge in [0.1, 0.15) is 0 Å². The molecular weight excluding hydrogens is 222 g/mol. The summed E-state index contributed by atoms with van der Waals surface area (Å²) >= 11 is 0. The molecule has 1 aromatic carbocycles. The zero-order valence-electron chi connectivity index (χ0n) is 9.88. The van der Waals surface area contributed by atoms with Gasteiger partial charge in [-0.15, -0.1) is 0 Å².